The lowest BCUT2D eigenvalue weighted by molar-refractivity contribution is 0.121. The van der Waals surface area contributed by atoms with Crippen molar-refractivity contribution in [3.05, 3.63) is 65.0 Å². The first-order valence-corrected chi connectivity index (χ1v) is 9.57. The molecule has 6 nitrogen and oxygen atoms in total. The largest absolute Gasteiger partial charge is 0.496 e. The van der Waals surface area contributed by atoms with E-state index in [1.165, 1.54) is 0 Å². The third kappa shape index (κ3) is 3.11. The lowest BCUT2D eigenvalue weighted by Gasteiger charge is -2.27. The monoisotopic (exact) mass is 388 g/mol. The first kappa shape index (κ1) is 17.7. The van der Waals surface area contributed by atoms with E-state index in [0.717, 1.165) is 27.8 Å². The highest BCUT2D eigenvalue weighted by Gasteiger charge is 2.17. The van der Waals surface area contributed by atoms with E-state index in [-0.39, 0.29) is 5.43 Å². The van der Waals surface area contributed by atoms with Gasteiger partial charge in [0.25, 0.3) is 0 Å². The predicted octanol–water partition coefficient (Wildman–Crippen LogP) is 3.85. The number of pyridine rings is 1. The van der Waals surface area contributed by atoms with E-state index in [2.05, 4.69) is 4.98 Å². The van der Waals surface area contributed by atoms with Gasteiger partial charge in [0, 0.05) is 36.3 Å². The molecule has 0 amide bonds. The van der Waals surface area contributed by atoms with Gasteiger partial charge in [-0.2, -0.15) is 0 Å². The van der Waals surface area contributed by atoms with Crippen LogP contribution in [0, 0.1) is 0 Å². The molecule has 0 spiro atoms. The Hall–Kier alpha value is -3.38. The first-order valence-electron chi connectivity index (χ1n) is 9.57. The van der Waals surface area contributed by atoms with Crippen molar-refractivity contribution in [3.63, 3.8) is 0 Å². The van der Waals surface area contributed by atoms with Gasteiger partial charge in [0.2, 0.25) is 0 Å². The van der Waals surface area contributed by atoms with E-state index < -0.39 is 0 Å². The molecule has 6 heteroatoms. The Morgan fingerprint density at radius 1 is 1.03 bits per heavy atom. The van der Waals surface area contributed by atoms with Crippen molar-refractivity contribution in [1.82, 2.24) is 4.98 Å². The van der Waals surface area contributed by atoms with Crippen LogP contribution in [0.4, 0.5) is 5.88 Å². The third-order valence-corrected chi connectivity index (χ3v) is 5.30. The van der Waals surface area contributed by atoms with Crippen molar-refractivity contribution >= 4 is 27.8 Å². The van der Waals surface area contributed by atoms with Crippen molar-refractivity contribution in [2.75, 3.05) is 38.3 Å². The summed E-state index contributed by atoms with van der Waals surface area (Å²) in [5, 5.41) is 1.51. The number of anilines is 1. The summed E-state index contributed by atoms with van der Waals surface area (Å²) < 4.78 is 17.1. The average Bonchev–Trinajstić information content (AvgIpc) is 2.78. The Kier molecular flexibility index (Phi) is 4.41. The molecule has 0 unspecified atom stereocenters. The van der Waals surface area contributed by atoms with Crippen LogP contribution in [0.25, 0.3) is 33.0 Å². The summed E-state index contributed by atoms with van der Waals surface area (Å²) >= 11 is 0. The summed E-state index contributed by atoms with van der Waals surface area (Å²) in [5.41, 5.74) is 3.16. The standard InChI is InChI=1S/C23H20N2O4/c1-27-21-7-8-24-19-13-15(5-6-17(19)21)16-3-2-4-18-20(26)14-22(29-23(16)18)25-9-11-28-12-10-25/h2-8,13-14H,9-12H2,1H3. The fourth-order valence-corrected chi connectivity index (χ4v) is 3.80. The molecule has 1 aliphatic heterocycles. The molecule has 0 N–H and O–H groups in total. The molecule has 29 heavy (non-hydrogen) atoms. The second kappa shape index (κ2) is 7.22. The van der Waals surface area contributed by atoms with Gasteiger partial charge in [-0.3, -0.25) is 9.78 Å². The Bertz CT molecular complexity index is 1260. The zero-order valence-corrected chi connectivity index (χ0v) is 16.1. The molecule has 1 saturated heterocycles. The van der Waals surface area contributed by atoms with Crippen LogP contribution in [0.1, 0.15) is 0 Å². The SMILES string of the molecule is COc1ccnc2cc(-c3cccc4c(=O)cc(N5CCOCC5)oc34)ccc12. The minimum absolute atomic E-state index is 0.0461. The molecule has 0 bridgehead atoms. The second-order valence-electron chi connectivity index (χ2n) is 6.98. The highest BCUT2D eigenvalue weighted by Crippen LogP contribution is 2.33. The highest BCUT2D eigenvalue weighted by molar-refractivity contribution is 5.96. The molecule has 0 saturated carbocycles. The zero-order chi connectivity index (χ0) is 19.8. The minimum Gasteiger partial charge on any atom is -0.496 e. The number of methoxy groups -OCH3 is 1. The summed E-state index contributed by atoms with van der Waals surface area (Å²) in [6, 6.07) is 15.0. The van der Waals surface area contributed by atoms with Crippen LogP contribution in [0.5, 0.6) is 5.75 Å². The molecule has 4 aromatic rings. The Morgan fingerprint density at radius 2 is 1.90 bits per heavy atom. The summed E-state index contributed by atoms with van der Waals surface area (Å²) in [6.07, 6.45) is 1.73. The van der Waals surface area contributed by atoms with E-state index >= 15 is 0 Å². The maximum Gasteiger partial charge on any atom is 0.200 e. The van der Waals surface area contributed by atoms with Crippen LogP contribution in [-0.2, 0) is 4.74 Å². The molecule has 0 atom stereocenters. The molecule has 2 aromatic heterocycles. The van der Waals surface area contributed by atoms with E-state index in [1.807, 2.05) is 41.3 Å². The maximum atomic E-state index is 12.8. The van der Waals surface area contributed by atoms with Crippen LogP contribution >= 0.6 is 0 Å². The van der Waals surface area contributed by atoms with Crippen molar-refractivity contribution in [3.8, 4) is 16.9 Å². The van der Waals surface area contributed by atoms with Gasteiger partial charge in [-0.05, 0) is 29.8 Å². The zero-order valence-electron chi connectivity index (χ0n) is 16.1. The van der Waals surface area contributed by atoms with E-state index in [0.29, 0.717) is 43.2 Å². The van der Waals surface area contributed by atoms with Crippen LogP contribution in [0.2, 0.25) is 0 Å². The number of hydrogen-bond donors (Lipinski definition) is 0. The highest BCUT2D eigenvalue weighted by atomic mass is 16.5. The van der Waals surface area contributed by atoms with Crippen molar-refractivity contribution in [2.24, 2.45) is 0 Å². The van der Waals surface area contributed by atoms with Gasteiger partial charge in [0.1, 0.15) is 11.3 Å². The van der Waals surface area contributed by atoms with Crippen LogP contribution in [-0.4, -0.2) is 38.4 Å². The van der Waals surface area contributed by atoms with Gasteiger partial charge in [0.05, 0.1) is 31.2 Å². The number of ether oxygens (including phenoxy) is 2. The normalized spacial score (nSPS) is 14.4. The average molecular weight is 388 g/mol. The minimum atomic E-state index is -0.0461. The van der Waals surface area contributed by atoms with E-state index in [4.69, 9.17) is 13.9 Å². The molecule has 146 valence electrons. The smallest absolute Gasteiger partial charge is 0.200 e. The van der Waals surface area contributed by atoms with Gasteiger partial charge in [-0.15, -0.1) is 0 Å². The van der Waals surface area contributed by atoms with Crippen molar-refractivity contribution in [1.29, 1.82) is 0 Å². The molecular weight excluding hydrogens is 368 g/mol. The summed E-state index contributed by atoms with van der Waals surface area (Å²) in [5.74, 6) is 1.36. The number of rotatable bonds is 3. The lowest BCUT2D eigenvalue weighted by atomic mass is 10.0. The molecule has 0 radical (unpaired) electrons. The van der Waals surface area contributed by atoms with Gasteiger partial charge in [-0.1, -0.05) is 18.2 Å². The van der Waals surface area contributed by atoms with Crippen LogP contribution in [0.15, 0.2) is 63.9 Å². The number of para-hydroxylation sites is 1. The fraction of sp³-hybridized carbons (Fsp3) is 0.217. The quantitative estimate of drug-likeness (QED) is 0.531. The maximum absolute atomic E-state index is 12.8. The Labute approximate surface area is 167 Å². The molecule has 5 rings (SSSR count). The number of fused-ring (bicyclic) bond motifs is 2. The predicted molar refractivity (Wildman–Crippen MR) is 113 cm³/mol. The number of hydrogen-bond acceptors (Lipinski definition) is 6. The number of benzene rings is 2. The topological polar surface area (TPSA) is 64.8 Å². The van der Waals surface area contributed by atoms with Crippen molar-refractivity contribution in [2.45, 2.75) is 0 Å². The fourth-order valence-electron chi connectivity index (χ4n) is 3.80. The second-order valence-corrected chi connectivity index (χ2v) is 6.98. The van der Waals surface area contributed by atoms with Crippen LogP contribution in [0.3, 0.4) is 0 Å². The summed E-state index contributed by atoms with van der Waals surface area (Å²) in [7, 11) is 1.65. The summed E-state index contributed by atoms with van der Waals surface area (Å²) in [6.45, 7) is 2.66. The molecule has 1 aliphatic rings. The molecular formula is C23H20N2O4. The Morgan fingerprint density at radius 3 is 2.72 bits per heavy atom. The van der Waals surface area contributed by atoms with Crippen LogP contribution < -0.4 is 15.1 Å². The number of aromatic nitrogens is 1. The lowest BCUT2D eigenvalue weighted by Crippen LogP contribution is -2.36. The van der Waals surface area contributed by atoms with Gasteiger partial charge >= 0.3 is 0 Å². The van der Waals surface area contributed by atoms with Gasteiger partial charge < -0.3 is 18.8 Å². The number of morpholine rings is 1. The summed E-state index contributed by atoms with van der Waals surface area (Å²) in [4.78, 5) is 19.3. The molecule has 2 aromatic carbocycles. The molecule has 3 heterocycles. The first-order chi connectivity index (χ1) is 14.2. The van der Waals surface area contributed by atoms with Crippen molar-refractivity contribution < 1.29 is 13.9 Å². The number of nitrogens with zero attached hydrogens (tertiary/aromatic N) is 2. The van der Waals surface area contributed by atoms with E-state index in [9.17, 15) is 4.79 Å². The van der Waals surface area contributed by atoms with E-state index in [1.54, 1.807) is 25.4 Å². The molecule has 0 aliphatic carbocycles. The Balaban J connectivity index is 1.69. The molecule has 1 fully saturated rings. The third-order valence-electron chi connectivity index (χ3n) is 5.30. The van der Waals surface area contributed by atoms with Gasteiger partial charge in [0.15, 0.2) is 11.3 Å². The van der Waals surface area contributed by atoms with Gasteiger partial charge in [-0.25, -0.2) is 0 Å².